The fourth-order valence-corrected chi connectivity index (χ4v) is 3.21. The Morgan fingerprint density at radius 1 is 1.21 bits per heavy atom. The highest BCUT2D eigenvalue weighted by molar-refractivity contribution is 5.76. The maximum Gasteiger partial charge on any atom is 0.242 e. The molecule has 0 aromatic carbocycles. The summed E-state index contributed by atoms with van der Waals surface area (Å²) in [6, 6.07) is 0. The quantitative estimate of drug-likeness (QED) is 0.827. The van der Waals surface area contributed by atoms with Gasteiger partial charge in [0.1, 0.15) is 6.54 Å². The van der Waals surface area contributed by atoms with E-state index in [1.807, 2.05) is 15.7 Å². The molecule has 1 aromatic heterocycles. The number of hydrogen-bond donors (Lipinski definition) is 1. The van der Waals surface area contributed by atoms with E-state index in [4.69, 9.17) is 0 Å². The largest absolute Gasteiger partial charge is 0.388 e. The predicted molar refractivity (Wildman–Crippen MR) is 72.8 cm³/mol. The van der Waals surface area contributed by atoms with Crippen molar-refractivity contribution in [2.45, 2.75) is 51.2 Å². The highest BCUT2D eigenvalue weighted by atomic mass is 16.3. The van der Waals surface area contributed by atoms with Crippen molar-refractivity contribution in [3.8, 4) is 0 Å². The third kappa shape index (κ3) is 2.68. The van der Waals surface area contributed by atoms with Gasteiger partial charge in [0.15, 0.2) is 0 Å². The molecule has 1 aromatic rings. The van der Waals surface area contributed by atoms with E-state index in [1.165, 1.54) is 5.56 Å². The minimum atomic E-state index is -0.347. The molecule has 1 fully saturated rings. The van der Waals surface area contributed by atoms with Crippen molar-refractivity contribution in [2.24, 2.45) is 0 Å². The van der Waals surface area contributed by atoms with Crippen LogP contribution in [0.2, 0.25) is 0 Å². The number of aromatic nitrogens is 1. The second kappa shape index (κ2) is 5.37. The van der Waals surface area contributed by atoms with Crippen molar-refractivity contribution in [1.29, 1.82) is 0 Å². The molecule has 2 heterocycles. The molecule has 1 unspecified atom stereocenters. The van der Waals surface area contributed by atoms with Gasteiger partial charge in [-0.3, -0.25) is 4.79 Å². The van der Waals surface area contributed by atoms with E-state index >= 15 is 0 Å². The molecule has 104 valence electrons. The molecule has 1 amide bonds. The number of amides is 1. The molecule has 0 bridgehead atoms. The van der Waals surface area contributed by atoms with Gasteiger partial charge in [-0.1, -0.05) is 6.42 Å². The van der Waals surface area contributed by atoms with Gasteiger partial charge in [-0.05, 0) is 37.7 Å². The maximum absolute atomic E-state index is 12.1. The van der Waals surface area contributed by atoms with E-state index in [0.717, 1.165) is 57.2 Å². The summed E-state index contributed by atoms with van der Waals surface area (Å²) >= 11 is 0. The van der Waals surface area contributed by atoms with Crippen LogP contribution in [-0.4, -0.2) is 33.6 Å². The zero-order valence-electron chi connectivity index (χ0n) is 11.3. The minimum Gasteiger partial charge on any atom is -0.388 e. The van der Waals surface area contributed by atoms with Gasteiger partial charge in [-0.2, -0.15) is 0 Å². The van der Waals surface area contributed by atoms with E-state index in [0.29, 0.717) is 6.54 Å². The topological polar surface area (TPSA) is 45.5 Å². The summed E-state index contributed by atoms with van der Waals surface area (Å²) in [5.41, 5.74) is 2.26. The van der Waals surface area contributed by atoms with Crippen LogP contribution >= 0.6 is 0 Å². The summed E-state index contributed by atoms with van der Waals surface area (Å²) in [6.07, 6.45) is 10.0. The lowest BCUT2D eigenvalue weighted by atomic mass is 10.1. The van der Waals surface area contributed by atoms with Gasteiger partial charge >= 0.3 is 0 Å². The van der Waals surface area contributed by atoms with Crippen LogP contribution in [0.4, 0.5) is 0 Å². The van der Waals surface area contributed by atoms with Gasteiger partial charge in [-0.15, -0.1) is 0 Å². The first kappa shape index (κ1) is 12.7. The van der Waals surface area contributed by atoms with Crippen molar-refractivity contribution < 1.29 is 9.90 Å². The molecule has 19 heavy (non-hydrogen) atoms. The second-order valence-corrected chi connectivity index (χ2v) is 5.76. The van der Waals surface area contributed by atoms with Crippen molar-refractivity contribution in [3.63, 3.8) is 0 Å². The zero-order valence-corrected chi connectivity index (χ0v) is 11.3. The first-order valence-electron chi connectivity index (χ1n) is 7.38. The van der Waals surface area contributed by atoms with Crippen molar-refractivity contribution in [3.05, 3.63) is 23.5 Å². The lowest BCUT2D eigenvalue weighted by Gasteiger charge is -2.15. The second-order valence-electron chi connectivity index (χ2n) is 5.76. The van der Waals surface area contributed by atoms with Crippen LogP contribution in [0.5, 0.6) is 0 Å². The van der Waals surface area contributed by atoms with Gasteiger partial charge < -0.3 is 14.6 Å². The number of aryl methyl sites for hydroxylation is 1. The number of hydrogen-bond acceptors (Lipinski definition) is 2. The van der Waals surface area contributed by atoms with Gasteiger partial charge in [0, 0.05) is 31.0 Å². The number of likely N-dealkylation sites (tertiary alicyclic amines) is 1. The van der Waals surface area contributed by atoms with Crippen LogP contribution in [0.25, 0.3) is 0 Å². The molecular formula is C15H22N2O2. The Morgan fingerprint density at radius 3 is 2.79 bits per heavy atom. The molecule has 4 nitrogen and oxygen atoms in total. The molecule has 1 aliphatic carbocycles. The van der Waals surface area contributed by atoms with Gasteiger partial charge in [0.2, 0.25) is 5.91 Å². The van der Waals surface area contributed by atoms with Crippen molar-refractivity contribution in [1.82, 2.24) is 9.47 Å². The van der Waals surface area contributed by atoms with Gasteiger partial charge in [-0.25, -0.2) is 0 Å². The average molecular weight is 262 g/mol. The number of rotatable bonds is 2. The minimum absolute atomic E-state index is 0.206. The average Bonchev–Trinajstić information content (AvgIpc) is 3.01. The highest BCUT2D eigenvalue weighted by Crippen LogP contribution is 2.29. The van der Waals surface area contributed by atoms with Crippen molar-refractivity contribution >= 4 is 5.91 Å². The Kier molecular flexibility index (Phi) is 3.60. The standard InChI is InChI=1S/C15H22N2O2/c18-14-6-2-1-5-12-9-16(10-13(12)14)11-15(19)17-7-3-4-8-17/h9-10,14,18H,1-8,11H2. The summed E-state index contributed by atoms with van der Waals surface area (Å²) in [7, 11) is 0. The van der Waals surface area contributed by atoms with Gasteiger partial charge in [0.25, 0.3) is 0 Å². The Hall–Kier alpha value is -1.29. The third-order valence-corrected chi connectivity index (χ3v) is 4.31. The van der Waals surface area contributed by atoms with Crippen LogP contribution in [0.3, 0.4) is 0 Å². The van der Waals surface area contributed by atoms with Crippen LogP contribution in [-0.2, 0) is 17.8 Å². The molecule has 0 spiro atoms. The lowest BCUT2D eigenvalue weighted by molar-refractivity contribution is -0.130. The first-order valence-corrected chi connectivity index (χ1v) is 7.38. The molecule has 0 saturated carbocycles. The van der Waals surface area contributed by atoms with Crippen LogP contribution in [0.1, 0.15) is 49.3 Å². The Morgan fingerprint density at radius 2 is 2.00 bits per heavy atom. The summed E-state index contributed by atoms with van der Waals surface area (Å²) in [4.78, 5) is 14.1. The predicted octanol–water partition coefficient (Wildman–Crippen LogP) is 1.87. The smallest absolute Gasteiger partial charge is 0.242 e. The van der Waals surface area contributed by atoms with Crippen LogP contribution in [0, 0.1) is 0 Å². The van der Waals surface area contributed by atoms with Gasteiger partial charge in [0.05, 0.1) is 6.10 Å². The highest BCUT2D eigenvalue weighted by Gasteiger charge is 2.21. The summed E-state index contributed by atoms with van der Waals surface area (Å²) in [5, 5.41) is 10.1. The zero-order chi connectivity index (χ0) is 13.2. The van der Waals surface area contributed by atoms with E-state index < -0.39 is 0 Å². The summed E-state index contributed by atoms with van der Waals surface area (Å²) in [5.74, 6) is 0.206. The first-order chi connectivity index (χ1) is 9.24. The Labute approximate surface area is 114 Å². The summed E-state index contributed by atoms with van der Waals surface area (Å²) in [6.45, 7) is 2.23. The number of carbonyl (C=O) groups is 1. The monoisotopic (exact) mass is 262 g/mol. The molecule has 1 saturated heterocycles. The molecule has 1 aliphatic heterocycles. The fourth-order valence-electron chi connectivity index (χ4n) is 3.21. The van der Waals surface area contributed by atoms with Crippen LogP contribution < -0.4 is 0 Å². The molecule has 2 aliphatic rings. The number of carbonyl (C=O) groups excluding carboxylic acids is 1. The van der Waals surface area contributed by atoms with E-state index in [-0.39, 0.29) is 12.0 Å². The van der Waals surface area contributed by atoms with E-state index in [9.17, 15) is 9.90 Å². The Balaban J connectivity index is 1.72. The lowest BCUT2D eigenvalue weighted by Crippen LogP contribution is -2.30. The number of fused-ring (bicyclic) bond motifs is 1. The normalized spacial score (nSPS) is 23.2. The molecule has 1 atom stereocenters. The fraction of sp³-hybridized carbons (Fsp3) is 0.667. The molecule has 4 heteroatoms. The number of aliphatic hydroxyl groups is 1. The van der Waals surface area contributed by atoms with E-state index in [1.54, 1.807) is 0 Å². The summed E-state index contributed by atoms with van der Waals surface area (Å²) < 4.78 is 1.96. The number of nitrogens with zero attached hydrogens (tertiary/aromatic N) is 2. The SMILES string of the molecule is O=C(Cn1cc2c(c1)C(O)CCCC2)N1CCCC1. The molecule has 1 N–H and O–H groups in total. The van der Waals surface area contributed by atoms with Crippen LogP contribution in [0.15, 0.2) is 12.4 Å². The molecule has 0 radical (unpaired) electrons. The third-order valence-electron chi connectivity index (χ3n) is 4.31. The molecular weight excluding hydrogens is 240 g/mol. The Bertz CT molecular complexity index is 461. The van der Waals surface area contributed by atoms with E-state index in [2.05, 4.69) is 6.20 Å². The molecule has 3 rings (SSSR count). The van der Waals surface area contributed by atoms with Crippen molar-refractivity contribution in [2.75, 3.05) is 13.1 Å². The number of aliphatic hydroxyl groups excluding tert-OH is 1. The maximum atomic E-state index is 12.1.